The van der Waals surface area contributed by atoms with Crippen LogP contribution in [0.15, 0.2) is 42.6 Å². The lowest BCUT2D eigenvalue weighted by atomic mass is 10.1. The number of phenols is 1. The molecule has 0 amide bonds. The summed E-state index contributed by atoms with van der Waals surface area (Å²) in [6.45, 7) is 5.44. The maximum Gasteiger partial charge on any atom is 0.338 e. The molecule has 0 fully saturated rings. The molecule has 0 saturated carbocycles. The highest BCUT2D eigenvalue weighted by atomic mass is 16.6. The van der Waals surface area contributed by atoms with Crippen molar-refractivity contribution in [2.75, 3.05) is 5.73 Å². The minimum atomic E-state index is -0.562. The van der Waals surface area contributed by atoms with Crippen LogP contribution in [0.5, 0.6) is 5.75 Å². The van der Waals surface area contributed by atoms with Gasteiger partial charge in [-0.05, 0) is 57.2 Å². The fraction of sp³-hybridized carbons (Fsp3) is 0.200. The molecule has 6 nitrogen and oxygen atoms in total. The normalized spacial score (nSPS) is 11.3. The number of esters is 1. The van der Waals surface area contributed by atoms with Gasteiger partial charge in [0, 0.05) is 17.3 Å². The maximum atomic E-state index is 12.1. The van der Waals surface area contributed by atoms with Gasteiger partial charge in [0.05, 0.1) is 22.3 Å². The molecule has 3 N–H and O–H groups in total. The fourth-order valence-electron chi connectivity index (χ4n) is 2.74. The molecule has 3 rings (SSSR count). The van der Waals surface area contributed by atoms with Crippen LogP contribution in [0.25, 0.3) is 16.6 Å². The molecule has 3 aromatic rings. The Kier molecular flexibility index (Phi) is 4.09. The Hall–Kier alpha value is -3.46. The van der Waals surface area contributed by atoms with Crippen molar-refractivity contribution in [3.8, 4) is 17.5 Å². The van der Waals surface area contributed by atoms with E-state index < -0.39 is 11.6 Å². The van der Waals surface area contributed by atoms with Crippen molar-refractivity contribution in [1.29, 1.82) is 5.26 Å². The summed E-state index contributed by atoms with van der Waals surface area (Å²) in [6.07, 6.45) is 1.66. The lowest BCUT2D eigenvalue weighted by Crippen LogP contribution is -2.23. The molecule has 1 heterocycles. The van der Waals surface area contributed by atoms with Gasteiger partial charge in [-0.3, -0.25) is 0 Å². The van der Waals surface area contributed by atoms with Crippen molar-refractivity contribution in [2.45, 2.75) is 26.4 Å². The zero-order valence-electron chi connectivity index (χ0n) is 14.8. The summed E-state index contributed by atoms with van der Waals surface area (Å²) >= 11 is 0. The number of rotatable bonds is 2. The predicted molar refractivity (Wildman–Crippen MR) is 99.2 cm³/mol. The number of nitrogens with two attached hydrogens (primary N) is 1. The van der Waals surface area contributed by atoms with Crippen LogP contribution in [0.3, 0.4) is 0 Å². The summed E-state index contributed by atoms with van der Waals surface area (Å²) in [5.74, 6) is -0.458. The molecule has 132 valence electrons. The third-order valence-corrected chi connectivity index (χ3v) is 3.89. The third-order valence-electron chi connectivity index (χ3n) is 3.89. The molecular formula is C20H19N3O3. The fourth-order valence-corrected chi connectivity index (χ4v) is 2.74. The van der Waals surface area contributed by atoms with E-state index in [1.807, 2.05) is 20.8 Å². The first-order valence-electron chi connectivity index (χ1n) is 8.07. The molecule has 0 radical (unpaired) electrons. The van der Waals surface area contributed by atoms with E-state index in [-0.39, 0.29) is 11.4 Å². The van der Waals surface area contributed by atoms with Gasteiger partial charge in [0.25, 0.3) is 0 Å². The molecule has 0 aliphatic rings. The third kappa shape index (κ3) is 3.07. The Morgan fingerprint density at radius 3 is 2.42 bits per heavy atom. The van der Waals surface area contributed by atoms with Gasteiger partial charge in [0.1, 0.15) is 17.4 Å². The second-order valence-corrected chi connectivity index (χ2v) is 6.97. The average Bonchev–Trinajstić information content (AvgIpc) is 2.96. The lowest BCUT2D eigenvalue weighted by Gasteiger charge is -2.19. The molecule has 26 heavy (non-hydrogen) atoms. The number of hydrogen-bond acceptors (Lipinski definition) is 5. The van der Waals surface area contributed by atoms with Gasteiger partial charge in [0.2, 0.25) is 0 Å². The van der Waals surface area contributed by atoms with Crippen LogP contribution < -0.4 is 5.73 Å². The largest absolute Gasteiger partial charge is 0.506 e. The molecule has 1 aromatic heterocycles. The van der Waals surface area contributed by atoms with Crippen LogP contribution >= 0.6 is 0 Å². The zero-order valence-corrected chi connectivity index (χ0v) is 14.8. The van der Waals surface area contributed by atoms with Crippen molar-refractivity contribution >= 4 is 22.6 Å². The highest BCUT2D eigenvalue weighted by Gasteiger charge is 2.18. The molecule has 0 unspecified atom stereocenters. The number of fused-ring (bicyclic) bond motifs is 1. The number of phenolic OH excluding ortho intramolecular Hbond substituents is 1. The van der Waals surface area contributed by atoms with Crippen LogP contribution in [-0.2, 0) is 4.74 Å². The minimum Gasteiger partial charge on any atom is -0.506 e. The summed E-state index contributed by atoms with van der Waals surface area (Å²) < 4.78 is 7.15. The molecule has 2 aromatic carbocycles. The monoisotopic (exact) mass is 349 g/mol. The maximum absolute atomic E-state index is 12.1. The van der Waals surface area contributed by atoms with Crippen LogP contribution in [-0.4, -0.2) is 21.2 Å². The highest BCUT2D eigenvalue weighted by molar-refractivity contribution is 5.99. The van der Waals surface area contributed by atoms with Crippen LogP contribution in [0.4, 0.5) is 5.69 Å². The zero-order chi connectivity index (χ0) is 19.1. The summed E-state index contributed by atoms with van der Waals surface area (Å²) in [4.78, 5) is 12.1. The summed E-state index contributed by atoms with van der Waals surface area (Å²) in [5, 5.41) is 19.7. The first-order valence-corrected chi connectivity index (χ1v) is 8.07. The van der Waals surface area contributed by atoms with Gasteiger partial charge in [-0.2, -0.15) is 5.26 Å². The summed E-state index contributed by atoms with van der Waals surface area (Å²) in [7, 11) is 0. The molecule has 0 spiro atoms. The highest BCUT2D eigenvalue weighted by Crippen LogP contribution is 2.34. The van der Waals surface area contributed by atoms with Crippen LogP contribution in [0.2, 0.25) is 0 Å². The Labute approximate surface area is 151 Å². The number of anilines is 1. The second-order valence-electron chi connectivity index (χ2n) is 6.97. The number of aromatic hydroxyl groups is 1. The smallest absolute Gasteiger partial charge is 0.338 e. The quantitative estimate of drug-likeness (QED) is 0.417. The number of nitrogen functional groups attached to an aromatic ring is 1. The molecule has 6 heteroatoms. The number of benzene rings is 2. The Morgan fingerprint density at radius 2 is 1.85 bits per heavy atom. The number of ether oxygens (including phenoxy) is 1. The lowest BCUT2D eigenvalue weighted by molar-refractivity contribution is 0.00695. The van der Waals surface area contributed by atoms with Crippen molar-refractivity contribution in [1.82, 2.24) is 4.57 Å². The van der Waals surface area contributed by atoms with E-state index in [2.05, 4.69) is 6.07 Å². The SMILES string of the molecule is CC(C)(C)OC(=O)c1ccc(-n2cc(C#N)c3c(N)c(O)ccc32)cc1. The van der Waals surface area contributed by atoms with Crippen molar-refractivity contribution < 1.29 is 14.6 Å². The van der Waals surface area contributed by atoms with Gasteiger partial charge < -0.3 is 20.1 Å². The van der Waals surface area contributed by atoms with Crippen LogP contribution in [0, 0.1) is 11.3 Å². The molecule has 0 bridgehead atoms. The first-order chi connectivity index (χ1) is 12.2. The molecule has 0 aliphatic heterocycles. The van der Waals surface area contributed by atoms with E-state index >= 15 is 0 Å². The van der Waals surface area contributed by atoms with Crippen LogP contribution in [0.1, 0.15) is 36.7 Å². The number of aromatic nitrogens is 1. The molecule has 0 saturated heterocycles. The predicted octanol–water partition coefficient (Wildman–Crippen LogP) is 3.75. The molecule has 0 aliphatic carbocycles. The number of nitrogens with zero attached hydrogens (tertiary/aromatic N) is 2. The van der Waals surface area contributed by atoms with Crippen molar-refractivity contribution in [2.24, 2.45) is 0 Å². The first kappa shape index (κ1) is 17.4. The minimum absolute atomic E-state index is 0.0629. The van der Waals surface area contributed by atoms with E-state index in [1.165, 1.54) is 6.07 Å². The van der Waals surface area contributed by atoms with E-state index in [9.17, 15) is 15.2 Å². The summed E-state index contributed by atoms with van der Waals surface area (Å²) in [6, 6.07) is 12.2. The second kappa shape index (κ2) is 6.12. The van der Waals surface area contributed by atoms with Gasteiger partial charge in [-0.25, -0.2) is 4.79 Å². The van der Waals surface area contributed by atoms with Gasteiger partial charge >= 0.3 is 5.97 Å². The topological polar surface area (TPSA) is 101 Å². The summed E-state index contributed by atoms with van der Waals surface area (Å²) in [5.41, 5.74) is 7.80. The average molecular weight is 349 g/mol. The Balaban J connectivity index is 2.04. The van der Waals surface area contributed by atoms with E-state index in [1.54, 1.807) is 41.1 Å². The van der Waals surface area contributed by atoms with E-state index in [0.717, 1.165) is 5.69 Å². The number of carbonyl (C=O) groups is 1. The van der Waals surface area contributed by atoms with E-state index in [0.29, 0.717) is 22.0 Å². The van der Waals surface area contributed by atoms with E-state index in [4.69, 9.17) is 10.5 Å². The van der Waals surface area contributed by atoms with Gasteiger partial charge in [0.15, 0.2) is 0 Å². The number of carbonyl (C=O) groups excluding carboxylic acids is 1. The molecule has 0 atom stereocenters. The van der Waals surface area contributed by atoms with Crippen molar-refractivity contribution in [3.63, 3.8) is 0 Å². The number of nitriles is 1. The molecular weight excluding hydrogens is 330 g/mol. The van der Waals surface area contributed by atoms with Gasteiger partial charge in [-0.1, -0.05) is 0 Å². The Morgan fingerprint density at radius 1 is 1.19 bits per heavy atom. The Bertz CT molecular complexity index is 1040. The van der Waals surface area contributed by atoms with Crippen molar-refractivity contribution in [3.05, 3.63) is 53.7 Å². The standard InChI is InChI=1S/C20H19N3O3/c1-20(2,3)26-19(25)12-4-6-14(7-5-12)23-11-13(10-21)17-15(23)8-9-16(24)18(17)22/h4-9,11,24H,22H2,1-3H3. The van der Waals surface area contributed by atoms with Gasteiger partial charge in [-0.15, -0.1) is 0 Å². The number of hydrogen-bond donors (Lipinski definition) is 2.